The maximum atomic E-state index is 12.4. The fraction of sp³-hybridized carbons (Fsp3) is 0.588. The Labute approximate surface area is 147 Å². The van der Waals surface area contributed by atoms with Gasteiger partial charge in [0.15, 0.2) is 0 Å². The number of likely N-dealkylation sites (N-methyl/N-ethyl adjacent to an activating group) is 1. The molecule has 0 unspecified atom stereocenters. The Morgan fingerprint density at radius 1 is 1.16 bits per heavy atom. The standard InChI is InChI=1S/C17H26N2O6/c1-5-18(6-2)11-15(16(24-4)12-23-3)25-17(20)13-7-9-14(10-8-13)19(21)22/h7-10,15-16H,5-6,11-12H2,1-4H3/t15-,16+/m0/s1. The molecule has 0 aromatic heterocycles. The maximum Gasteiger partial charge on any atom is 0.338 e. The molecule has 0 aliphatic rings. The third-order valence-corrected chi connectivity index (χ3v) is 3.95. The Bertz CT molecular complexity index is 545. The van der Waals surface area contributed by atoms with Gasteiger partial charge in [-0.2, -0.15) is 0 Å². The lowest BCUT2D eigenvalue weighted by molar-refractivity contribution is -0.384. The van der Waals surface area contributed by atoms with Gasteiger partial charge in [0, 0.05) is 32.9 Å². The van der Waals surface area contributed by atoms with Crippen molar-refractivity contribution in [2.45, 2.75) is 26.1 Å². The van der Waals surface area contributed by atoms with Crippen molar-refractivity contribution < 1.29 is 23.9 Å². The summed E-state index contributed by atoms with van der Waals surface area (Å²) in [5.41, 5.74) is 0.174. The van der Waals surface area contributed by atoms with Crippen LogP contribution in [0.4, 0.5) is 5.69 Å². The van der Waals surface area contributed by atoms with E-state index in [1.807, 2.05) is 13.8 Å². The molecule has 0 saturated carbocycles. The normalized spacial score (nSPS) is 13.5. The number of rotatable bonds is 11. The van der Waals surface area contributed by atoms with E-state index in [9.17, 15) is 14.9 Å². The van der Waals surface area contributed by atoms with Gasteiger partial charge in [0.05, 0.1) is 17.1 Å². The minimum absolute atomic E-state index is 0.0783. The summed E-state index contributed by atoms with van der Waals surface area (Å²) < 4.78 is 16.2. The van der Waals surface area contributed by atoms with Gasteiger partial charge in [-0.15, -0.1) is 0 Å². The number of ether oxygens (including phenoxy) is 3. The number of carbonyl (C=O) groups excluding carboxylic acids is 1. The van der Waals surface area contributed by atoms with Crippen molar-refractivity contribution >= 4 is 11.7 Å². The lowest BCUT2D eigenvalue weighted by Crippen LogP contribution is -2.44. The van der Waals surface area contributed by atoms with Crippen LogP contribution in [0.25, 0.3) is 0 Å². The van der Waals surface area contributed by atoms with Gasteiger partial charge in [-0.1, -0.05) is 13.8 Å². The molecule has 25 heavy (non-hydrogen) atoms. The zero-order chi connectivity index (χ0) is 18.8. The second kappa shape index (κ2) is 10.8. The number of benzene rings is 1. The molecule has 8 heteroatoms. The van der Waals surface area contributed by atoms with Crippen LogP contribution in [0.15, 0.2) is 24.3 Å². The number of hydrogen-bond donors (Lipinski definition) is 0. The smallest absolute Gasteiger partial charge is 0.338 e. The zero-order valence-electron chi connectivity index (χ0n) is 15.1. The van der Waals surface area contributed by atoms with Crippen molar-refractivity contribution in [1.82, 2.24) is 4.90 Å². The monoisotopic (exact) mass is 354 g/mol. The lowest BCUT2D eigenvalue weighted by atomic mass is 10.1. The number of esters is 1. The topological polar surface area (TPSA) is 91.1 Å². The summed E-state index contributed by atoms with van der Waals surface area (Å²) in [5, 5.41) is 10.7. The van der Waals surface area contributed by atoms with Gasteiger partial charge in [0.2, 0.25) is 0 Å². The van der Waals surface area contributed by atoms with Gasteiger partial charge in [0.1, 0.15) is 12.2 Å². The Hall–Kier alpha value is -2.03. The average molecular weight is 354 g/mol. The third-order valence-electron chi connectivity index (χ3n) is 3.95. The van der Waals surface area contributed by atoms with Crippen LogP contribution in [0.2, 0.25) is 0 Å². The molecule has 1 rings (SSSR count). The highest BCUT2D eigenvalue weighted by Crippen LogP contribution is 2.15. The summed E-state index contributed by atoms with van der Waals surface area (Å²) in [4.78, 5) is 24.7. The molecule has 0 aliphatic heterocycles. The van der Waals surface area contributed by atoms with Crippen LogP contribution in [0.3, 0.4) is 0 Å². The van der Waals surface area contributed by atoms with E-state index >= 15 is 0 Å². The molecule has 0 saturated heterocycles. The molecule has 0 aliphatic carbocycles. The SMILES string of the molecule is CCN(CC)C[C@H](OC(=O)c1ccc([N+](=O)[O-])cc1)[C@@H](COC)OC. The van der Waals surface area contributed by atoms with Crippen LogP contribution in [-0.2, 0) is 14.2 Å². The second-order valence-corrected chi connectivity index (χ2v) is 5.46. The minimum Gasteiger partial charge on any atom is -0.455 e. The molecule has 2 atom stereocenters. The molecule has 0 N–H and O–H groups in total. The fourth-order valence-electron chi connectivity index (χ4n) is 2.38. The molecule has 0 heterocycles. The van der Waals surface area contributed by atoms with E-state index in [2.05, 4.69) is 4.90 Å². The third kappa shape index (κ3) is 6.41. The Morgan fingerprint density at radius 2 is 1.76 bits per heavy atom. The molecule has 0 amide bonds. The van der Waals surface area contributed by atoms with E-state index in [0.717, 1.165) is 13.1 Å². The summed E-state index contributed by atoms with van der Waals surface area (Å²) in [5.74, 6) is -0.551. The van der Waals surface area contributed by atoms with Crippen molar-refractivity contribution in [2.24, 2.45) is 0 Å². The van der Waals surface area contributed by atoms with Gasteiger partial charge in [-0.05, 0) is 25.2 Å². The Morgan fingerprint density at radius 3 is 2.20 bits per heavy atom. The number of non-ortho nitro benzene ring substituents is 1. The van der Waals surface area contributed by atoms with Gasteiger partial charge in [-0.25, -0.2) is 4.79 Å². The van der Waals surface area contributed by atoms with Crippen LogP contribution in [0, 0.1) is 10.1 Å². The number of methoxy groups -OCH3 is 2. The molecule has 0 radical (unpaired) electrons. The predicted molar refractivity (Wildman–Crippen MR) is 92.8 cm³/mol. The first-order valence-electron chi connectivity index (χ1n) is 8.16. The van der Waals surface area contributed by atoms with E-state index < -0.39 is 23.1 Å². The summed E-state index contributed by atoms with van der Waals surface area (Å²) in [7, 11) is 3.09. The molecule has 140 valence electrons. The summed E-state index contributed by atoms with van der Waals surface area (Å²) in [6, 6.07) is 5.32. The van der Waals surface area contributed by atoms with Crippen LogP contribution in [-0.4, -0.2) is 68.5 Å². The van der Waals surface area contributed by atoms with Crippen LogP contribution in [0.1, 0.15) is 24.2 Å². The Kier molecular flexibility index (Phi) is 9.04. The summed E-state index contributed by atoms with van der Waals surface area (Å²) >= 11 is 0. The van der Waals surface area contributed by atoms with Crippen molar-refractivity contribution in [1.29, 1.82) is 0 Å². The number of nitro groups is 1. The molecule has 1 aromatic rings. The van der Waals surface area contributed by atoms with Crippen molar-refractivity contribution in [2.75, 3.05) is 40.5 Å². The molecule has 0 bridgehead atoms. The molecule has 1 aromatic carbocycles. The highest BCUT2D eigenvalue weighted by Gasteiger charge is 2.27. The van der Waals surface area contributed by atoms with Crippen molar-refractivity contribution in [3.63, 3.8) is 0 Å². The van der Waals surface area contributed by atoms with E-state index in [1.54, 1.807) is 14.2 Å². The van der Waals surface area contributed by atoms with Crippen LogP contribution >= 0.6 is 0 Å². The quantitative estimate of drug-likeness (QED) is 0.341. The molecule has 8 nitrogen and oxygen atoms in total. The van der Waals surface area contributed by atoms with E-state index in [0.29, 0.717) is 6.54 Å². The number of nitrogens with zero attached hydrogens (tertiary/aromatic N) is 2. The largest absolute Gasteiger partial charge is 0.455 e. The van der Waals surface area contributed by atoms with E-state index in [4.69, 9.17) is 14.2 Å². The Balaban J connectivity index is 2.90. The van der Waals surface area contributed by atoms with Crippen molar-refractivity contribution in [3.8, 4) is 0 Å². The summed E-state index contributed by atoms with van der Waals surface area (Å²) in [6.07, 6.45) is -0.930. The fourth-order valence-corrected chi connectivity index (χ4v) is 2.38. The van der Waals surface area contributed by atoms with Gasteiger partial charge in [0.25, 0.3) is 5.69 Å². The zero-order valence-corrected chi connectivity index (χ0v) is 15.1. The minimum atomic E-state index is -0.551. The van der Waals surface area contributed by atoms with E-state index in [1.165, 1.54) is 24.3 Å². The van der Waals surface area contributed by atoms with E-state index in [-0.39, 0.29) is 17.9 Å². The first-order valence-corrected chi connectivity index (χ1v) is 8.16. The number of carbonyl (C=O) groups is 1. The highest BCUT2D eigenvalue weighted by molar-refractivity contribution is 5.89. The first-order chi connectivity index (χ1) is 12.0. The highest BCUT2D eigenvalue weighted by atomic mass is 16.6. The first kappa shape index (κ1) is 21.0. The molecular weight excluding hydrogens is 328 g/mol. The lowest BCUT2D eigenvalue weighted by Gasteiger charge is -2.30. The predicted octanol–water partition coefficient (Wildman–Crippen LogP) is 2.12. The average Bonchev–Trinajstić information content (AvgIpc) is 2.63. The summed E-state index contributed by atoms with van der Waals surface area (Å²) in [6.45, 7) is 6.47. The van der Waals surface area contributed by atoms with Crippen LogP contribution in [0.5, 0.6) is 0 Å². The van der Waals surface area contributed by atoms with Gasteiger partial charge >= 0.3 is 5.97 Å². The van der Waals surface area contributed by atoms with Gasteiger partial charge < -0.3 is 19.1 Å². The number of nitro benzene ring substituents is 1. The number of hydrogen-bond acceptors (Lipinski definition) is 7. The molecule has 0 spiro atoms. The molecule has 0 fully saturated rings. The van der Waals surface area contributed by atoms with Crippen molar-refractivity contribution in [3.05, 3.63) is 39.9 Å². The van der Waals surface area contributed by atoms with Crippen LogP contribution < -0.4 is 0 Å². The molecular formula is C17H26N2O6. The van der Waals surface area contributed by atoms with Gasteiger partial charge in [-0.3, -0.25) is 10.1 Å². The second-order valence-electron chi connectivity index (χ2n) is 5.46. The maximum absolute atomic E-state index is 12.4.